The van der Waals surface area contributed by atoms with Gasteiger partial charge in [-0.3, -0.25) is 4.79 Å². The van der Waals surface area contributed by atoms with Crippen LogP contribution in [0.15, 0.2) is 42.5 Å². The number of hydrogen-bond donors (Lipinski definition) is 2. The standard InChI is InChI=1S/C19H21NO4/c1-19(2,23)13-6-9-15-16(10-13)17(22)20(18(15)24-3)11-12-4-7-14(21)8-5-12/h4-10,18,21,23H,11H2,1-3H3. The molecule has 1 heterocycles. The number of benzene rings is 2. The summed E-state index contributed by atoms with van der Waals surface area (Å²) in [4.78, 5) is 14.5. The van der Waals surface area contributed by atoms with Crippen LogP contribution in [0.2, 0.25) is 0 Å². The second-order valence-electron chi connectivity index (χ2n) is 6.55. The van der Waals surface area contributed by atoms with Gasteiger partial charge in [-0.05, 0) is 43.2 Å². The lowest BCUT2D eigenvalue weighted by Crippen LogP contribution is -2.28. The van der Waals surface area contributed by atoms with Crippen LogP contribution >= 0.6 is 0 Å². The largest absolute Gasteiger partial charge is 0.508 e. The highest BCUT2D eigenvalue weighted by Crippen LogP contribution is 2.37. The van der Waals surface area contributed by atoms with Crippen molar-refractivity contribution in [1.82, 2.24) is 4.90 Å². The Morgan fingerprint density at radius 1 is 1.17 bits per heavy atom. The lowest BCUT2D eigenvalue weighted by molar-refractivity contribution is -0.0162. The number of carbonyl (C=O) groups is 1. The molecule has 5 nitrogen and oxygen atoms in total. The van der Waals surface area contributed by atoms with E-state index in [0.29, 0.717) is 17.7 Å². The summed E-state index contributed by atoms with van der Waals surface area (Å²) in [6.45, 7) is 3.76. The molecule has 2 aromatic carbocycles. The zero-order valence-electron chi connectivity index (χ0n) is 14.0. The van der Waals surface area contributed by atoms with Crippen LogP contribution in [0.3, 0.4) is 0 Å². The summed E-state index contributed by atoms with van der Waals surface area (Å²) in [6.07, 6.45) is -0.461. The summed E-state index contributed by atoms with van der Waals surface area (Å²) in [5.41, 5.74) is 1.94. The minimum absolute atomic E-state index is 0.129. The summed E-state index contributed by atoms with van der Waals surface area (Å²) in [5, 5.41) is 19.6. The number of amides is 1. The van der Waals surface area contributed by atoms with Gasteiger partial charge in [0.2, 0.25) is 0 Å². The minimum Gasteiger partial charge on any atom is -0.508 e. The number of aliphatic hydroxyl groups is 1. The van der Waals surface area contributed by atoms with Crippen molar-refractivity contribution in [1.29, 1.82) is 0 Å². The predicted molar refractivity (Wildman–Crippen MR) is 89.4 cm³/mol. The van der Waals surface area contributed by atoms with Crippen LogP contribution in [0.5, 0.6) is 5.75 Å². The van der Waals surface area contributed by atoms with E-state index in [4.69, 9.17) is 4.74 Å². The summed E-state index contributed by atoms with van der Waals surface area (Å²) in [5.74, 6) is 0.0592. The van der Waals surface area contributed by atoms with Crippen molar-refractivity contribution in [2.45, 2.75) is 32.2 Å². The first kappa shape index (κ1) is 16.5. The molecular formula is C19H21NO4. The van der Waals surface area contributed by atoms with Gasteiger partial charge < -0.3 is 19.8 Å². The summed E-state index contributed by atoms with van der Waals surface area (Å²) < 4.78 is 5.54. The molecule has 126 valence electrons. The lowest BCUT2D eigenvalue weighted by atomic mass is 9.94. The number of methoxy groups -OCH3 is 1. The van der Waals surface area contributed by atoms with Crippen molar-refractivity contribution < 1.29 is 19.7 Å². The van der Waals surface area contributed by atoms with Gasteiger partial charge in [0.05, 0.1) is 5.60 Å². The smallest absolute Gasteiger partial charge is 0.256 e. The Morgan fingerprint density at radius 3 is 2.42 bits per heavy atom. The topological polar surface area (TPSA) is 70.0 Å². The van der Waals surface area contributed by atoms with Crippen LogP contribution in [0.4, 0.5) is 0 Å². The summed E-state index contributed by atoms with van der Waals surface area (Å²) in [6, 6.07) is 12.1. The SMILES string of the molecule is COC1c2ccc(C(C)(C)O)cc2C(=O)N1Cc1ccc(O)cc1. The Labute approximate surface area is 141 Å². The highest BCUT2D eigenvalue weighted by molar-refractivity contribution is 5.99. The maximum absolute atomic E-state index is 12.8. The van der Waals surface area contributed by atoms with Crippen molar-refractivity contribution in [3.8, 4) is 5.75 Å². The normalized spacial score (nSPS) is 17.2. The summed E-state index contributed by atoms with van der Waals surface area (Å²) >= 11 is 0. The maximum atomic E-state index is 12.8. The Kier molecular flexibility index (Phi) is 4.07. The average Bonchev–Trinajstić information content (AvgIpc) is 2.80. The van der Waals surface area contributed by atoms with Gasteiger partial charge in [0.1, 0.15) is 5.75 Å². The monoisotopic (exact) mass is 327 g/mol. The Bertz CT molecular complexity index is 762. The number of nitrogens with zero attached hydrogens (tertiary/aromatic N) is 1. The van der Waals surface area contributed by atoms with Crippen molar-refractivity contribution in [3.63, 3.8) is 0 Å². The number of aromatic hydroxyl groups is 1. The number of phenolic OH excluding ortho intramolecular Hbond substituents is 1. The molecule has 5 heteroatoms. The Balaban J connectivity index is 1.94. The average molecular weight is 327 g/mol. The van der Waals surface area contributed by atoms with E-state index in [1.807, 2.05) is 12.1 Å². The van der Waals surface area contributed by atoms with E-state index in [9.17, 15) is 15.0 Å². The van der Waals surface area contributed by atoms with Crippen LogP contribution in [-0.2, 0) is 16.9 Å². The van der Waals surface area contributed by atoms with E-state index in [0.717, 1.165) is 11.1 Å². The first-order valence-corrected chi connectivity index (χ1v) is 7.79. The third kappa shape index (κ3) is 2.88. The molecule has 3 rings (SSSR count). The van der Waals surface area contributed by atoms with E-state index in [1.54, 1.807) is 56.2 Å². The molecule has 2 aromatic rings. The first-order valence-electron chi connectivity index (χ1n) is 7.79. The third-order valence-electron chi connectivity index (χ3n) is 4.31. The van der Waals surface area contributed by atoms with E-state index >= 15 is 0 Å². The van der Waals surface area contributed by atoms with E-state index in [-0.39, 0.29) is 11.7 Å². The van der Waals surface area contributed by atoms with Crippen LogP contribution in [0, 0.1) is 0 Å². The van der Waals surface area contributed by atoms with Gasteiger partial charge in [-0.1, -0.05) is 24.3 Å². The number of hydrogen-bond acceptors (Lipinski definition) is 4. The van der Waals surface area contributed by atoms with Gasteiger partial charge in [-0.25, -0.2) is 0 Å². The second kappa shape index (κ2) is 5.92. The molecule has 0 bridgehead atoms. The van der Waals surface area contributed by atoms with Crippen molar-refractivity contribution in [2.75, 3.05) is 7.11 Å². The second-order valence-corrected chi connectivity index (χ2v) is 6.55. The van der Waals surface area contributed by atoms with E-state index < -0.39 is 11.8 Å². The van der Waals surface area contributed by atoms with Gasteiger partial charge in [0, 0.05) is 24.8 Å². The molecule has 0 fully saturated rings. The minimum atomic E-state index is -1.01. The number of rotatable bonds is 4. The van der Waals surface area contributed by atoms with Gasteiger partial charge in [-0.15, -0.1) is 0 Å². The van der Waals surface area contributed by atoms with E-state index in [2.05, 4.69) is 0 Å². The highest BCUT2D eigenvalue weighted by atomic mass is 16.5. The van der Waals surface area contributed by atoms with Crippen LogP contribution in [0.25, 0.3) is 0 Å². The van der Waals surface area contributed by atoms with Crippen molar-refractivity contribution in [2.24, 2.45) is 0 Å². The molecule has 0 saturated heterocycles. The fraction of sp³-hybridized carbons (Fsp3) is 0.316. The first-order chi connectivity index (χ1) is 11.3. The molecule has 0 spiro atoms. The number of carbonyl (C=O) groups excluding carboxylic acids is 1. The molecule has 1 unspecified atom stereocenters. The van der Waals surface area contributed by atoms with E-state index in [1.165, 1.54) is 0 Å². The molecule has 1 amide bonds. The fourth-order valence-electron chi connectivity index (χ4n) is 2.97. The van der Waals surface area contributed by atoms with Crippen LogP contribution in [0.1, 0.15) is 47.1 Å². The van der Waals surface area contributed by atoms with Crippen molar-refractivity contribution >= 4 is 5.91 Å². The van der Waals surface area contributed by atoms with Crippen LogP contribution < -0.4 is 0 Å². The fourth-order valence-corrected chi connectivity index (χ4v) is 2.97. The maximum Gasteiger partial charge on any atom is 0.256 e. The van der Waals surface area contributed by atoms with Gasteiger partial charge >= 0.3 is 0 Å². The van der Waals surface area contributed by atoms with Gasteiger partial charge in [-0.2, -0.15) is 0 Å². The highest BCUT2D eigenvalue weighted by Gasteiger charge is 2.37. The molecule has 0 radical (unpaired) electrons. The molecule has 1 aliphatic rings. The van der Waals surface area contributed by atoms with Gasteiger partial charge in [0.15, 0.2) is 6.23 Å². The van der Waals surface area contributed by atoms with Gasteiger partial charge in [0.25, 0.3) is 5.91 Å². The molecule has 24 heavy (non-hydrogen) atoms. The van der Waals surface area contributed by atoms with Crippen LogP contribution in [-0.4, -0.2) is 28.1 Å². The summed E-state index contributed by atoms with van der Waals surface area (Å²) in [7, 11) is 1.57. The Hall–Kier alpha value is -2.37. The molecule has 1 aliphatic heterocycles. The third-order valence-corrected chi connectivity index (χ3v) is 4.31. The molecule has 2 N–H and O–H groups in total. The molecule has 0 saturated carbocycles. The zero-order valence-corrected chi connectivity index (χ0v) is 14.0. The lowest BCUT2D eigenvalue weighted by Gasteiger charge is -2.24. The number of ether oxygens (including phenoxy) is 1. The van der Waals surface area contributed by atoms with Crippen molar-refractivity contribution in [3.05, 3.63) is 64.7 Å². The Morgan fingerprint density at radius 2 is 1.83 bits per heavy atom. The molecular weight excluding hydrogens is 306 g/mol. The molecule has 1 atom stereocenters. The quantitative estimate of drug-likeness (QED) is 0.906. The number of phenols is 1. The molecule has 0 aliphatic carbocycles. The molecule has 0 aromatic heterocycles. The zero-order chi connectivity index (χ0) is 17.5. The predicted octanol–water partition coefficient (Wildman–Crippen LogP) is 2.92. The number of fused-ring (bicyclic) bond motifs is 1.